The lowest BCUT2D eigenvalue weighted by Crippen LogP contribution is -2.33. The standard InChI is InChI=1S/C27H33NO5/c1-30-24-13-9-21(19-26(24)31-2)7-11-23(29)12-8-22-10-14-25(27(20-22)32-3)33-18-17-28-15-5-4-6-16-28/h7-14,19-20H,4-6,15-18H2,1-3H3/b11-7+,12-8+. The molecule has 0 amide bonds. The van der Waals surface area contributed by atoms with Crippen molar-refractivity contribution in [3.63, 3.8) is 0 Å². The molecule has 6 nitrogen and oxygen atoms in total. The van der Waals surface area contributed by atoms with E-state index < -0.39 is 0 Å². The lowest BCUT2D eigenvalue weighted by molar-refractivity contribution is -0.110. The summed E-state index contributed by atoms with van der Waals surface area (Å²) in [4.78, 5) is 14.7. The molecule has 1 aliphatic heterocycles. The third-order valence-electron chi connectivity index (χ3n) is 5.59. The molecule has 2 aromatic carbocycles. The second kappa shape index (κ2) is 12.7. The highest BCUT2D eigenvalue weighted by Crippen LogP contribution is 2.29. The molecule has 1 aliphatic rings. The minimum Gasteiger partial charge on any atom is -0.493 e. The molecule has 0 aromatic heterocycles. The highest BCUT2D eigenvalue weighted by Gasteiger charge is 2.11. The first-order valence-electron chi connectivity index (χ1n) is 11.3. The average Bonchev–Trinajstić information content (AvgIpc) is 2.87. The molecule has 2 aromatic rings. The van der Waals surface area contributed by atoms with Crippen molar-refractivity contribution in [3.05, 3.63) is 59.7 Å². The van der Waals surface area contributed by atoms with E-state index in [1.165, 1.54) is 31.4 Å². The van der Waals surface area contributed by atoms with E-state index in [1.54, 1.807) is 39.5 Å². The van der Waals surface area contributed by atoms with E-state index in [1.807, 2.05) is 30.3 Å². The van der Waals surface area contributed by atoms with Gasteiger partial charge < -0.3 is 18.9 Å². The van der Waals surface area contributed by atoms with Gasteiger partial charge in [-0.1, -0.05) is 30.7 Å². The molecule has 0 unspecified atom stereocenters. The maximum absolute atomic E-state index is 12.3. The molecule has 0 aliphatic carbocycles. The summed E-state index contributed by atoms with van der Waals surface area (Å²) in [6.45, 7) is 3.86. The summed E-state index contributed by atoms with van der Waals surface area (Å²) >= 11 is 0. The molecule has 0 atom stereocenters. The summed E-state index contributed by atoms with van der Waals surface area (Å²) in [6, 6.07) is 11.2. The Morgan fingerprint density at radius 2 is 1.33 bits per heavy atom. The molecule has 0 spiro atoms. The maximum Gasteiger partial charge on any atom is 0.178 e. The second-order valence-electron chi connectivity index (χ2n) is 7.84. The molecule has 0 bridgehead atoms. The van der Waals surface area contributed by atoms with E-state index in [4.69, 9.17) is 18.9 Å². The zero-order chi connectivity index (χ0) is 23.5. The number of methoxy groups -OCH3 is 3. The number of hydrogen-bond acceptors (Lipinski definition) is 6. The Hall–Kier alpha value is -3.25. The van der Waals surface area contributed by atoms with E-state index in [0.29, 0.717) is 29.6 Å². The maximum atomic E-state index is 12.3. The summed E-state index contributed by atoms with van der Waals surface area (Å²) in [6.07, 6.45) is 10.4. The molecule has 1 saturated heterocycles. The largest absolute Gasteiger partial charge is 0.493 e. The average molecular weight is 452 g/mol. The molecule has 3 rings (SSSR count). The van der Waals surface area contributed by atoms with Gasteiger partial charge in [-0.15, -0.1) is 0 Å². The normalized spacial score (nSPS) is 14.5. The van der Waals surface area contributed by atoms with Crippen LogP contribution in [0.15, 0.2) is 48.6 Å². The predicted octanol–water partition coefficient (Wildman–Crippen LogP) is 4.87. The van der Waals surface area contributed by atoms with Crippen LogP contribution in [0.5, 0.6) is 23.0 Å². The molecular weight excluding hydrogens is 418 g/mol. The zero-order valence-corrected chi connectivity index (χ0v) is 19.7. The number of carbonyl (C=O) groups excluding carboxylic acids is 1. The van der Waals surface area contributed by atoms with E-state index >= 15 is 0 Å². The number of carbonyl (C=O) groups is 1. The minimum absolute atomic E-state index is 0.120. The quantitative estimate of drug-likeness (QED) is 0.454. The number of allylic oxidation sites excluding steroid dienone is 2. The van der Waals surface area contributed by atoms with Crippen LogP contribution in [0.4, 0.5) is 0 Å². The molecule has 0 N–H and O–H groups in total. The summed E-state index contributed by atoms with van der Waals surface area (Å²) in [5.41, 5.74) is 1.71. The lowest BCUT2D eigenvalue weighted by Gasteiger charge is -2.26. The number of likely N-dealkylation sites (tertiary alicyclic amines) is 1. The highest BCUT2D eigenvalue weighted by atomic mass is 16.5. The van der Waals surface area contributed by atoms with Gasteiger partial charge in [-0.2, -0.15) is 0 Å². The molecule has 1 heterocycles. The number of piperidine rings is 1. The van der Waals surface area contributed by atoms with E-state index in [-0.39, 0.29) is 5.78 Å². The van der Waals surface area contributed by atoms with Crippen molar-refractivity contribution in [2.75, 3.05) is 47.6 Å². The molecule has 176 valence electrons. The van der Waals surface area contributed by atoms with Gasteiger partial charge in [0.05, 0.1) is 21.3 Å². The lowest BCUT2D eigenvalue weighted by atomic mass is 10.1. The first-order valence-corrected chi connectivity index (χ1v) is 11.3. The number of benzene rings is 2. The van der Waals surface area contributed by atoms with Crippen LogP contribution in [0.2, 0.25) is 0 Å². The summed E-state index contributed by atoms with van der Waals surface area (Å²) in [5, 5.41) is 0. The molecule has 0 saturated carbocycles. The fourth-order valence-corrected chi connectivity index (χ4v) is 3.74. The van der Waals surface area contributed by atoms with Gasteiger partial charge in [0.25, 0.3) is 0 Å². The first-order chi connectivity index (χ1) is 16.1. The summed E-state index contributed by atoms with van der Waals surface area (Å²) < 4.78 is 22.0. The molecule has 33 heavy (non-hydrogen) atoms. The van der Waals surface area contributed by atoms with Crippen LogP contribution in [-0.2, 0) is 4.79 Å². The van der Waals surface area contributed by atoms with E-state index in [2.05, 4.69) is 4.90 Å². The minimum atomic E-state index is -0.120. The third-order valence-corrected chi connectivity index (χ3v) is 5.59. The fraction of sp³-hybridized carbons (Fsp3) is 0.370. The van der Waals surface area contributed by atoms with Gasteiger partial charge in [0.15, 0.2) is 28.8 Å². The summed E-state index contributed by atoms with van der Waals surface area (Å²) in [5.74, 6) is 2.52. The predicted molar refractivity (Wildman–Crippen MR) is 131 cm³/mol. The van der Waals surface area contributed by atoms with Gasteiger partial charge in [-0.25, -0.2) is 0 Å². The van der Waals surface area contributed by atoms with Crippen molar-refractivity contribution in [2.24, 2.45) is 0 Å². The fourth-order valence-electron chi connectivity index (χ4n) is 3.74. The number of nitrogens with zero attached hydrogens (tertiary/aromatic N) is 1. The van der Waals surface area contributed by atoms with Crippen LogP contribution >= 0.6 is 0 Å². The molecule has 6 heteroatoms. The van der Waals surface area contributed by atoms with E-state index in [0.717, 1.165) is 30.8 Å². The first kappa shape index (κ1) is 24.4. The Morgan fingerprint density at radius 3 is 1.91 bits per heavy atom. The van der Waals surface area contributed by atoms with Crippen molar-refractivity contribution in [3.8, 4) is 23.0 Å². The monoisotopic (exact) mass is 451 g/mol. The smallest absolute Gasteiger partial charge is 0.178 e. The molecule has 1 fully saturated rings. The second-order valence-corrected chi connectivity index (χ2v) is 7.84. The Kier molecular flexibility index (Phi) is 9.39. The Bertz CT molecular complexity index is 976. The Labute approximate surface area is 196 Å². The van der Waals surface area contributed by atoms with Crippen LogP contribution < -0.4 is 18.9 Å². The number of ketones is 1. The molecule has 0 radical (unpaired) electrons. The molecular formula is C27H33NO5. The van der Waals surface area contributed by atoms with Crippen molar-refractivity contribution in [1.82, 2.24) is 4.90 Å². The number of hydrogen-bond donors (Lipinski definition) is 0. The van der Waals surface area contributed by atoms with Gasteiger partial charge in [0.2, 0.25) is 0 Å². The topological polar surface area (TPSA) is 57.2 Å². The van der Waals surface area contributed by atoms with Crippen molar-refractivity contribution in [1.29, 1.82) is 0 Å². The van der Waals surface area contributed by atoms with Crippen LogP contribution in [0.25, 0.3) is 12.2 Å². The van der Waals surface area contributed by atoms with Gasteiger partial charge >= 0.3 is 0 Å². The van der Waals surface area contributed by atoms with Crippen molar-refractivity contribution >= 4 is 17.9 Å². The Morgan fingerprint density at radius 1 is 0.788 bits per heavy atom. The third kappa shape index (κ3) is 7.39. The summed E-state index contributed by atoms with van der Waals surface area (Å²) in [7, 11) is 4.79. The SMILES string of the molecule is COc1ccc(/C=C/C(=O)/C=C/c2ccc(OCCN3CCCCC3)c(OC)c2)cc1OC. The van der Waals surface area contributed by atoms with Gasteiger partial charge in [-0.05, 0) is 73.5 Å². The van der Waals surface area contributed by atoms with Gasteiger partial charge in [-0.3, -0.25) is 9.69 Å². The Balaban J connectivity index is 1.56. The highest BCUT2D eigenvalue weighted by molar-refractivity contribution is 6.04. The van der Waals surface area contributed by atoms with Crippen LogP contribution in [0.1, 0.15) is 30.4 Å². The zero-order valence-electron chi connectivity index (χ0n) is 19.7. The van der Waals surface area contributed by atoms with Gasteiger partial charge in [0, 0.05) is 6.54 Å². The van der Waals surface area contributed by atoms with Crippen molar-refractivity contribution < 1.29 is 23.7 Å². The number of rotatable bonds is 11. The van der Waals surface area contributed by atoms with E-state index in [9.17, 15) is 4.79 Å². The van der Waals surface area contributed by atoms with Crippen molar-refractivity contribution in [2.45, 2.75) is 19.3 Å². The number of ether oxygens (including phenoxy) is 4. The van der Waals surface area contributed by atoms with Crippen LogP contribution in [0.3, 0.4) is 0 Å². The van der Waals surface area contributed by atoms with Gasteiger partial charge in [0.1, 0.15) is 6.61 Å². The van der Waals surface area contributed by atoms with Crippen LogP contribution in [-0.4, -0.2) is 58.3 Å². The van der Waals surface area contributed by atoms with Crippen LogP contribution in [0, 0.1) is 0 Å².